The van der Waals surface area contributed by atoms with Crippen molar-refractivity contribution in [3.8, 4) is 17.6 Å². The lowest BCUT2D eigenvalue weighted by atomic mass is 10.1. The van der Waals surface area contributed by atoms with Gasteiger partial charge in [0.15, 0.2) is 0 Å². The molecule has 1 N–H and O–H groups in total. The Bertz CT molecular complexity index is 466. The van der Waals surface area contributed by atoms with Crippen molar-refractivity contribution in [2.24, 2.45) is 0 Å². The zero-order valence-electron chi connectivity index (χ0n) is 11.0. The Hall–Kier alpha value is -1.64. The fourth-order valence-corrected chi connectivity index (χ4v) is 1.70. The summed E-state index contributed by atoms with van der Waals surface area (Å²) in [5, 5.41) is 8.70. The summed E-state index contributed by atoms with van der Waals surface area (Å²) in [5.41, 5.74) is 1.51. The fraction of sp³-hybridized carbons (Fsp3) is 0.429. The summed E-state index contributed by atoms with van der Waals surface area (Å²) in [4.78, 5) is 1.54. The molecule has 0 saturated heterocycles. The van der Waals surface area contributed by atoms with E-state index in [1.165, 1.54) is 12.0 Å². The van der Waals surface area contributed by atoms with E-state index < -0.39 is 6.43 Å². The number of benzene rings is 1. The number of alkyl halides is 2. The maximum Gasteiger partial charge on any atom is 0.251 e. The minimum atomic E-state index is -2.35. The normalized spacial score (nSPS) is 10.5. The minimum Gasteiger partial charge on any atom is -0.495 e. The highest BCUT2D eigenvalue weighted by atomic mass is 19.3. The molecule has 0 radical (unpaired) electrons. The Kier molecular flexibility index (Phi) is 6.26. The second kappa shape index (κ2) is 7.72. The largest absolute Gasteiger partial charge is 0.495 e. The van der Waals surface area contributed by atoms with Gasteiger partial charge in [-0.15, -0.1) is 0 Å². The van der Waals surface area contributed by atoms with Gasteiger partial charge in [-0.3, -0.25) is 4.90 Å². The van der Waals surface area contributed by atoms with E-state index >= 15 is 0 Å². The van der Waals surface area contributed by atoms with Gasteiger partial charge in [0.05, 0.1) is 19.2 Å². The maximum absolute atomic E-state index is 12.2. The van der Waals surface area contributed by atoms with Crippen LogP contribution in [-0.2, 0) is 6.54 Å². The van der Waals surface area contributed by atoms with Crippen LogP contribution in [-0.4, -0.2) is 43.7 Å². The van der Waals surface area contributed by atoms with Crippen molar-refractivity contribution < 1.29 is 18.6 Å². The number of aliphatic hydroxyl groups is 1. The van der Waals surface area contributed by atoms with Crippen molar-refractivity contribution in [2.45, 2.75) is 13.0 Å². The van der Waals surface area contributed by atoms with E-state index in [0.717, 1.165) is 5.56 Å². The summed E-state index contributed by atoms with van der Waals surface area (Å²) in [7, 11) is 3.16. The fourth-order valence-electron chi connectivity index (χ4n) is 1.70. The van der Waals surface area contributed by atoms with Crippen molar-refractivity contribution in [1.82, 2.24) is 4.90 Å². The zero-order valence-corrected chi connectivity index (χ0v) is 11.0. The van der Waals surface area contributed by atoms with Crippen LogP contribution in [0.1, 0.15) is 11.1 Å². The maximum atomic E-state index is 12.2. The van der Waals surface area contributed by atoms with Crippen LogP contribution in [0.5, 0.6) is 5.75 Å². The monoisotopic (exact) mass is 269 g/mol. The van der Waals surface area contributed by atoms with E-state index in [9.17, 15) is 8.78 Å². The number of aliphatic hydroxyl groups excluding tert-OH is 1. The van der Waals surface area contributed by atoms with Crippen molar-refractivity contribution in [1.29, 1.82) is 0 Å². The van der Waals surface area contributed by atoms with Crippen LogP contribution in [0.25, 0.3) is 0 Å². The molecule has 0 aliphatic carbocycles. The SMILES string of the molecule is COc1ccc(CN(C)CC(F)F)cc1C#CCO. The molecule has 1 aromatic carbocycles. The predicted molar refractivity (Wildman–Crippen MR) is 69.3 cm³/mol. The van der Waals surface area contributed by atoms with Gasteiger partial charge < -0.3 is 9.84 Å². The van der Waals surface area contributed by atoms with Crippen LogP contribution in [0.2, 0.25) is 0 Å². The molecule has 1 rings (SSSR count). The lowest BCUT2D eigenvalue weighted by molar-refractivity contribution is 0.0975. The van der Waals surface area contributed by atoms with Crippen LogP contribution < -0.4 is 4.74 Å². The third-order valence-electron chi connectivity index (χ3n) is 2.47. The molecule has 0 aromatic heterocycles. The second-order valence-corrected chi connectivity index (χ2v) is 4.08. The van der Waals surface area contributed by atoms with E-state index in [-0.39, 0.29) is 13.2 Å². The molecule has 0 amide bonds. The number of hydrogen-bond acceptors (Lipinski definition) is 3. The first-order valence-corrected chi connectivity index (χ1v) is 5.80. The molecule has 0 heterocycles. The number of ether oxygens (including phenoxy) is 1. The van der Waals surface area contributed by atoms with Gasteiger partial charge in [0.1, 0.15) is 12.4 Å². The first-order valence-electron chi connectivity index (χ1n) is 5.80. The standard InChI is InChI=1S/C14H17F2NO2/c1-17(10-14(15)16)9-11-5-6-13(19-2)12(8-11)4-3-7-18/h5-6,8,14,18H,7,9-10H2,1-2H3. The molecule has 0 aliphatic heterocycles. The number of nitrogens with zero attached hydrogens (tertiary/aromatic N) is 1. The van der Waals surface area contributed by atoms with Gasteiger partial charge in [0.2, 0.25) is 0 Å². The van der Waals surface area contributed by atoms with Gasteiger partial charge in [-0.05, 0) is 24.7 Å². The lowest BCUT2D eigenvalue weighted by Crippen LogP contribution is -2.24. The molecule has 5 heteroatoms. The van der Waals surface area contributed by atoms with Crippen LogP contribution in [0.4, 0.5) is 8.78 Å². The summed E-state index contributed by atoms with van der Waals surface area (Å²) in [6.07, 6.45) is -2.35. The average Bonchev–Trinajstić information content (AvgIpc) is 2.35. The Morgan fingerprint density at radius 1 is 1.42 bits per heavy atom. The summed E-state index contributed by atoms with van der Waals surface area (Å²) in [6.45, 7) is -0.107. The van der Waals surface area contributed by atoms with Gasteiger partial charge in [-0.1, -0.05) is 17.9 Å². The Labute approximate surface area is 111 Å². The molecule has 0 bridgehead atoms. The quantitative estimate of drug-likeness (QED) is 0.826. The Balaban J connectivity index is 2.85. The molecule has 1 aromatic rings. The van der Waals surface area contributed by atoms with Crippen LogP contribution in [0.15, 0.2) is 18.2 Å². The van der Waals surface area contributed by atoms with E-state index in [2.05, 4.69) is 11.8 Å². The molecule has 0 spiro atoms. The minimum absolute atomic E-state index is 0.237. The molecule has 0 fully saturated rings. The van der Waals surface area contributed by atoms with Crippen molar-refractivity contribution >= 4 is 0 Å². The van der Waals surface area contributed by atoms with Gasteiger partial charge in [0.25, 0.3) is 6.43 Å². The molecule has 0 aliphatic rings. The highest BCUT2D eigenvalue weighted by Crippen LogP contribution is 2.19. The Morgan fingerprint density at radius 2 is 2.16 bits per heavy atom. The molecule has 104 valence electrons. The van der Waals surface area contributed by atoms with Gasteiger partial charge in [-0.2, -0.15) is 0 Å². The number of methoxy groups -OCH3 is 1. The predicted octanol–water partition coefficient (Wildman–Crippen LogP) is 1.74. The number of hydrogen-bond donors (Lipinski definition) is 1. The highest BCUT2D eigenvalue weighted by molar-refractivity contribution is 5.48. The van der Waals surface area contributed by atoms with Gasteiger partial charge in [-0.25, -0.2) is 8.78 Å². The van der Waals surface area contributed by atoms with Crippen LogP contribution >= 0.6 is 0 Å². The van der Waals surface area contributed by atoms with Crippen molar-refractivity contribution in [2.75, 3.05) is 27.3 Å². The van der Waals surface area contributed by atoms with Crippen molar-refractivity contribution in [3.63, 3.8) is 0 Å². The third-order valence-corrected chi connectivity index (χ3v) is 2.47. The smallest absolute Gasteiger partial charge is 0.251 e. The van der Waals surface area contributed by atoms with E-state index in [1.807, 2.05) is 6.07 Å². The molecular formula is C14H17F2NO2. The molecule has 3 nitrogen and oxygen atoms in total. The first kappa shape index (κ1) is 15.4. The van der Waals surface area contributed by atoms with E-state index in [1.54, 1.807) is 19.2 Å². The summed E-state index contributed by atoms with van der Waals surface area (Å²) in [5.74, 6) is 5.92. The lowest BCUT2D eigenvalue weighted by Gasteiger charge is -2.16. The highest BCUT2D eigenvalue weighted by Gasteiger charge is 2.09. The van der Waals surface area contributed by atoms with Crippen molar-refractivity contribution in [3.05, 3.63) is 29.3 Å². The second-order valence-electron chi connectivity index (χ2n) is 4.08. The number of rotatable bonds is 5. The Morgan fingerprint density at radius 3 is 2.74 bits per heavy atom. The summed E-state index contributed by atoms with van der Waals surface area (Å²) >= 11 is 0. The first-order chi connectivity index (χ1) is 9.06. The topological polar surface area (TPSA) is 32.7 Å². The van der Waals surface area contributed by atoms with Crippen LogP contribution in [0, 0.1) is 11.8 Å². The number of halogens is 2. The summed E-state index contributed by atoms with van der Waals surface area (Å²) < 4.78 is 29.6. The molecule has 0 saturated carbocycles. The van der Waals surface area contributed by atoms with E-state index in [4.69, 9.17) is 9.84 Å². The summed E-state index contributed by atoms with van der Waals surface area (Å²) in [6, 6.07) is 5.33. The molecule has 19 heavy (non-hydrogen) atoms. The third kappa shape index (κ3) is 5.25. The average molecular weight is 269 g/mol. The molecule has 0 unspecified atom stereocenters. The van der Waals surface area contributed by atoms with E-state index in [0.29, 0.717) is 17.9 Å². The van der Waals surface area contributed by atoms with Gasteiger partial charge >= 0.3 is 0 Å². The molecule has 0 atom stereocenters. The molecular weight excluding hydrogens is 252 g/mol. The zero-order chi connectivity index (χ0) is 14.3. The van der Waals surface area contributed by atoms with Crippen LogP contribution in [0.3, 0.4) is 0 Å². The van der Waals surface area contributed by atoms with Gasteiger partial charge in [0, 0.05) is 6.54 Å².